The Morgan fingerprint density at radius 2 is 1.73 bits per heavy atom. The van der Waals surface area contributed by atoms with E-state index in [1.54, 1.807) is 6.08 Å². The highest BCUT2D eigenvalue weighted by Gasteiger charge is 2.36. The third-order valence-electron chi connectivity index (χ3n) is 4.23. The SMILES string of the molecule is Cc1cc(C)cc(NC(=O)CN2C(=O)S/C(=C\c3ccc(OC(C)C)cc3)C2=O)c1. The molecular weight excluding hydrogens is 400 g/mol. The van der Waals surface area contributed by atoms with E-state index in [4.69, 9.17) is 4.74 Å². The lowest BCUT2D eigenvalue weighted by Gasteiger charge is -2.13. The molecule has 1 saturated heterocycles. The monoisotopic (exact) mass is 424 g/mol. The summed E-state index contributed by atoms with van der Waals surface area (Å²) in [6, 6.07) is 12.9. The predicted molar refractivity (Wildman–Crippen MR) is 119 cm³/mol. The largest absolute Gasteiger partial charge is 0.491 e. The summed E-state index contributed by atoms with van der Waals surface area (Å²) in [5.41, 5.74) is 3.45. The van der Waals surface area contributed by atoms with Crippen LogP contribution in [-0.4, -0.2) is 34.6 Å². The van der Waals surface area contributed by atoms with Crippen LogP contribution in [0.4, 0.5) is 10.5 Å². The van der Waals surface area contributed by atoms with Gasteiger partial charge in [-0.3, -0.25) is 19.3 Å². The molecule has 0 bridgehead atoms. The van der Waals surface area contributed by atoms with Gasteiger partial charge in [0, 0.05) is 5.69 Å². The molecule has 0 spiro atoms. The van der Waals surface area contributed by atoms with Crippen molar-refractivity contribution in [2.24, 2.45) is 0 Å². The maximum Gasteiger partial charge on any atom is 0.294 e. The fourth-order valence-electron chi connectivity index (χ4n) is 3.09. The number of carbonyl (C=O) groups is 3. The second-order valence-corrected chi connectivity index (χ2v) is 8.42. The number of anilines is 1. The Labute approximate surface area is 180 Å². The maximum atomic E-state index is 12.6. The highest BCUT2D eigenvalue weighted by Crippen LogP contribution is 2.32. The molecule has 1 N–H and O–H groups in total. The first kappa shape index (κ1) is 21.6. The van der Waals surface area contributed by atoms with Crippen LogP contribution in [0.25, 0.3) is 6.08 Å². The Morgan fingerprint density at radius 1 is 1.10 bits per heavy atom. The molecule has 0 radical (unpaired) electrons. The summed E-state index contributed by atoms with van der Waals surface area (Å²) in [5, 5.41) is 2.29. The van der Waals surface area contributed by atoms with Crippen LogP contribution in [0, 0.1) is 13.8 Å². The molecule has 6 nitrogen and oxygen atoms in total. The standard InChI is InChI=1S/C23H24N2O4S/c1-14(2)29-19-7-5-17(6-8-19)12-20-22(27)25(23(28)30-20)13-21(26)24-18-10-15(3)9-16(4)11-18/h5-12,14H,13H2,1-4H3,(H,24,26)/b20-12-. The van der Waals surface area contributed by atoms with Gasteiger partial charge in [-0.2, -0.15) is 0 Å². The van der Waals surface area contributed by atoms with Crippen LogP contribution in [0.2, 0.25) is 0 Å². The molecule has 0 aliphatic carbocycles. The van der Waals surface area contributed by atoms with E-state index in [1.807, 2.05) is 70.2 Å². The van der Waals surface area contributed by atoms with E-state index in [-0.39, 0.29) is 17.6 Å². The number of rotatable bonds is 6. The Kier molecular flexibility index (Phi) is 6.62. The van der Waals surface area contributed by atoms with Crippen molar-refractivity contribution < 1.29 is 19.1 Å². The third-order valence-corrected chi connectivity index (χ3v) is 5.14. The minimum atomic E-state index is -0.469. The molecule has 1 fully saturated rings. The lowest BCUT2D eigenvalue weighted by molar-refractivity contribution is -0.127. The Balaban J connectivity index is 1.66. The fraction of sp³-hybridized carbons (Fsp3) is 0.261. The number of imide groups is 1. The Morgan fingerprint density at radius 3 is 2.33 bits per heavy atom. The molecule has 0 unspecified atom stereocenters. The molecule has 156 valence electrons. The predicted octanol–water partition coefficient (Wildman–Crippen LogP) is 4.77. The van der Waals surface area contributed by atoms with E-state index in [0.717, 1.165) is 39.1 Å². The topological polar surface area (TPSA) is 75.7 Å². The molecule has 0 atom stereocenters. The van der Waals surface area contributed by atoms with Crippen LogP contribution < -0.4 is 10.1 Å². The average molecular weight is 425 g/mol. The highest BCUT2D eigenvalue weighted by molar-refractivity contribution is 8.18. The molecule has 30 heavy (non-hydrogen) atoms. The van der Waals surface area contributed by atoms with Crippen molar-refractivity contribution in [1.82, 2.24) is 4.90 Å². The van der Waals surface area contributed by atoms with Gasteiger partial charge in [0.1, 0.15) is 12.3 Å². The first-order valence-corrected chi connectivity index (χ1v) is 10.4. The van der Waals surface area contributed by atoms with Crippen LogP contribution in [0.5, 0.6) is 5.75 Å². The van der Waals surface area contributed by atoms with Crippen molar-refractivity contribution >= 4 is 40.6 Å². The summed E-state index contributed by atoms with van der Waals surface area (Å²) in [7, 11) is 0. The molecular formula is C23H24N2O4S. The molecule has 0 aromatic heterocycles. The number of aryl methyl sites for hydroxylation is 2. The van der Waals surface area contributed by atoms with Crippen molar-refractivity contribution in [3.8, 4) is 5.75 Å². The van der Waals surface area contributed by atoms with E-state index in [9.17, 15) is 14.4 Å². The van der Waals surface area contributed by atoms with Crippen molar-refractivity contribution in [2.75, 3.05) is 11.9 Å². The fourth-order valence-corrected chi connectivity index (χ4v) is 3.93. The van der Waals surface area contributed by atoms with E-state index in [2.05, 4.69) is 5.32 Å². The molecule has 1 heterocycles. The number of nitrogens with one attached hydrogen (secondary N) is 1. The van der Waals surface area contributed by atoms with Gasteiger partial charge in [0.25, 0.3) is 11.1 Å². The zero-order chi connectivity index (χ0) is 21.8. The summed E-state index contributed by atoms with van der Waals surface area (Å²) in [6.45, 7) is 7.44. The van der Waals surface area contributed by atoms with E-state index >= 15 is 0 Å². The average Bonchev–Trinajstić information content (AvgIpc) is 2.89. The third kappa shape index (κ3) is 5.51. The van der Waals surface area contributed by atoms with Gasteiger partial charge in [0.15, 0.2) is 0 Å². The number of amides is 3. The van der Waals surface area contributed by atoms with Gasteiger partial charge >= 0.3 is 0 Å². The number of thioether (sulfide) groups is 1. The molecule has 1 aliphatic rings. The number of hydrogen-bond donors (Lipinski definition) is 1. The first-order chi connectivity index (χ1) is 14.2. The summed E-state index contributed by atoms with van der Waals surface area (Å²) in [4.78, 5) is 38.5. The second-order valence-electron chi connectivity index (χ2n) is 7.43. The number of benzene rings is 2. The smallest absolute Gasteiger partial charge is 0.294 e. The molecule has 0 saturated carbocycles. The normalized spacial score (nSPS) is 15.2. The molecule has 1 aliphatic heterocycles. The van der Waals surface area contributed by atoms with Crippen molar-refractivity contribution in [2.45, 2.75) is 33.8 Å². The lowest BCUT2D eigenvalue weighted by Crippen LogP contribution is -2.36. The van der Waals surface area contributed by atoms with Gasteiger partial charge in [-0.05, 0) is 86.5 Å². The Bertz CT molecular complexity index is 992. The van der Waals surface area contributed by atoms with Crippen LogP contribution in [0.15, 0.2) is 47.4 Å². The van der Waals surface area contributed by atoms with Gasteiger partial charge in [0.2, 0.25) is 5.91 Å². The number of hydrogen-bond acceptors (Lipinski definition) is 5. The quantitative estimate of drug-likeness (QED) is 0.677. The number of carbonyl (C=O) groups excluding carboxylic acids is 3. The van der Waals surface area contributed by atoms with Gasteiger partial charge in [0.05, 0.1) is 11.0 Å². The molecule has 3 amide bonds. The summed E-state index contributed by atoms with van der Waals surface area (Å²) >= 11 is 0.832. The van der Waals surface area contributed by atoms with Crippen molar-refractivity contribution in [3.05, 3.63) is 64.1 Å². The molecule has 2 aromatic rings. The first-order valence-electron chi connectivity index (χ1n) is 9.61. The number of nitrogens with zero attached hydrogens (tertiary/aromatic N) is 1. The highest BCUT2D eigenvalue weighted by atomic mass is 32.2. The molecule has 7 heteroatoms. The number of ether oxygens (including phenoxy) is 1. The van der Waals surface area contributed by atoms with Gasteiger partial charge in [-0.1, -0.05) is 18.2 Å². The molecule has 2 aromatic carbocycles. The van der Waals surface area contributed by atoms with E-state index in [0.29, 0.717) is 5.69 Å². The minimum absolute atomic E-state index is 0.0715. The van der Waals surface area contributed by atoms with Gasteiger partial charge < -0.3 is 10.1 Å². The van der Waals surface area contributed by atoms with Crippen LogP contribution in [0.1, 0.15) is 30.5 Å². The van der Waals surface area contributed by atoms with E-state index in [1.165, 1.54) is 0 Å². The Hall–Kier alpha value is -3.06. The second kappa shape index (κ2) is 9.17. The van der Waals surface area contributed by atoms with Crippen LogP contribution in [-0.2, 0) is 9.59 Å². The summed E-state index contributed by atoms with van der Waals surface area (Å²) in [6.07, 6.45) is 1.72. The van der Waals surface area contributed by atoms with Crippen LogP contribution >= 0.6 is 11.8 Å². The zero-order valence-electron chi connectivity index (χ0n) is 17.4. The van der Waals surface area contributed by atoms with Crippen molar-refractivity contribution in [3.63, 3.8) is 0 Å². The van der Waals surface area contributed by atoms with Gasteiger partial charge in [-0.15, -0.1) is 0 Å². The zero-order valence-corrected chi connectivity index (χ0v) is 18.2. The minimum Gasteiger partial charge on any atom is -0.491 e. The molecule has 3 rings (SSSR count). The van der Waals surface area contributed by atoms with Crippen molar-refractivity contribution in [1.29, 1.82) is 0 Å². The van der Waals surface area contributed by atoms with Gasteiger partial charge in [-0.25, -0.2) is 0 Å². The maximum absolute atomic E-state index is 12.6. The van der Waals surface area contributed by atoms with E-state index < -0.39 is 17.1 Å². The summed E-state index contributed by atoms with van der Waals surface area (Å²) in [5.74, 6) is -0.153. The van der Waals surface area contributed by atoms with Crippen LogP contribution in [0.3, 0.4) is 0 Å². The lowest BCUT2D eigenvalue weighted by atomic mass is 10.1. The summed E-state index contributed by atoms with van der Waals surface area (Å²) < 4.78 is 5.60.